The van der Waals surface area contributed by atoms with E-state index in [4.69, 9.17) is 18.9 Å². The van der Waals surface area contributed by atoms with Gasteiger partial charge in [0, 0.05) is 58.4 Å². The monoisotopic (exact) mass is 958 g/mol. The van der Waals surface area contributed by atoms with Crippen LogP contribution in [-0.2, 0) is 22.3 Å². The quantitative estimate of drug-likeness (QED) is 0.0731. The second kappa shape index (κ2) is 17.1. The number of carbonyl (C=O) groups excluding carboxylic acids is 2. The number of carbonyl (C=O) groups is 2. The molecule has 23 nitrogen and oxygen atoms in total. The number of hydrogen-bond acceptors (Lipinski definition) is 22. The zero-order valence-electron chi connectivity index (χ0n) is 35.1. The average molecular weight is 959 g/mol. The van der Waals surface area contributed by atoms with Crippen LogP contribution in [0.4, 0.5) is 0 Å². The van der Waals surface area contributed by atoms with E-state index >= 15 is 0 Å². The maximum absolute atomic E-state index is 13.5. The molecule has 2 heterocycles. The first kappa shape index (κ1) is 46.2. The Morgan fingerprint density at radius 3 is 1.26 bits per heavy atom. The highest BCUT2D eigenvalue weighted by Crippen LogP contribution is 2.55. The SMILES string of the molecule is [NH3+]CC(c1c(O)cc2c(c1O)C[C@@H](OC(=O)c1cc(O)c(O)c(O)c1)[C@@H](c1cc(O)c(O)c(O)c1)O2)c1c(O)cc(O)c2c1O[C@H](c1cc(O)c(O)c(O)c1)[C@H](OC(=O)c1cc(O)c(O)c(O)c1)C2. The summed E-state index contributed by atoms with van der Waals surface area (Å²) in [5, 5.41) is 169. The van der Waals surface area contributed by atoms with Crippen LogP contribution in [0.5, 0.6) is 103 Å². The van der Waals surface area contributed by atoms with Gasteiger partial charge in [0.2, 0.25) is 0 Å². The minimum absolute atomic E-state index is 0.104. The van der Waals surface area contributed by atoms with Crippen molar-refractivity contribution in [2.24, 2.45) is 0 Å². The van der Waals surface area contributed by atoms with Gasteiger partial charge in [-0.05, 0) is 48.5 Å². The smallest absolute Gasteiger partial charge is 0.338 e. The minimum Gasteiger partial charge on any atom is -0.507 e. The number of rotatable bonds is 9. The second-order valence-corrected chi connectivity index (χ2v) is 16.0. The average Bonchev–Trinajstić information content (AvgIpc) is 3.29. The van der Waals surface area contributed by atoms with Gasteiger partial charge in [0.1, 0.15) is 46.7 Å². The zero-order valence-corrected chi connectivity index (χ0v) is 35.1. The van der Waals surface area contributed by atoms with Crippen molar-refractivity contribution in [1.82, 2.24) is 0 Å². The third kappa shape index (κ3) is 8.07. The molecule has 5 atom stereocenters. The van der Waals surface area contributed by atoms with Crippen LogP contribution in [0.15, 0.2) is 60.7 Å². The molecule has 0 fully saturated rings. The molecule has 0 aromatic heterocycles. The van der Waals surface area contributed by atoms with Crippen LogP contribution in [0, 0.1) is 0 Å². The fourth-order valence-corrected chi connectivity index (χ4v) is 8.37. The Kier molecular flexibility index (Phi) is 11.5. The van der Waals surface area contributed by atoms with E-state index in [0.717, 1.165) is 60.7 Å². The van der Waals surface area contributed by atoms with Crippen LogP contribution >= 0.6 is 0 Å². The zero-order chi connectivity index (χ0) is 50.1. The van der Waals surface area contributed by atoms with Gasteiger partial charge < -0.3 is 106 Å². The molecule has 0 saturated carbocycles. The van der Waals surface area contributed by atoms with Crippen molar-refractivity contribution in [3.05, 3.63) is 105 Å². The van der Waals surface area contributed by atoms with Crippen molar-refractivity contribution in [3.8, 4) is 103 Å². The molecular formula is C46H40NO22+. The van der Waals surface area contributed by atoms with E-state index in [-0.39, 0.29) is 51.4 Å². The number of hydrogen-bond donors (Lipinski definition) is 17. The summed E-state index contributed by atoms with van der Waals surface area (Å²) in [4.78, 5) is 27.0. The molecule has 2 aliphatic heterocycles. The van der Waals surface area contributed by atoms with Gasteiger partial charge in [0.05, 0.1) is 23.6 Å². The third-order valence-electron chi connectivity index (χ3n) is 11.7. The molecule has 6 aromatic carbocycles. The molecule has 1 unspecified atom stereocenters. The largest absolute Gasteiger partial charge is 0.507 e. The molecule has 0 aliphatic carbocycles. The summed E-state index contributed by atoms with van der Waals surface area (Å²) < 4.78 is 23.9. The van der Waals surface area contributed by atoms with Crippen LogP contribution in [0.3, 0.4) is 0 Å². The lowest BCUT2D eigenvalue weighted by molar-refractivity contribution is -0.370. The molecule has 69 heavy (non-hydrogen) atoms. The summed E-state index contributed by atoms with van der Waals surface area (Å²) in [6.07, 6.45) is -7.16. The number of benzene rings is 6. The molecule has 19 N–H and O–H groups in total. The molecule has 0 spiro atoms. The van der Waals surface area contributed by atoms with E-state index in [2.05, 4.69) is 5.73 Å². The number of ether oxygens (including phenoxy) is 4. The fourth-order valence-electron chi connectivity index (χ4n) is 8.37. The minimum atomic E-state index is -1.61. The Balaban J connectivity index is 1.23. The highest BCUT2D eigenvalue weighted by molar-refractivity contribution is 5.92. The van der Waals surface area contributed by atoms with E-state index in [1.54, 1.807) is 0 Å². The maximum atomic E-state index is 13.5. The first-order chi connectivity index (χ1) is 32.6. The number of fused-ring (bicyclic) bond motifs is 2. The van der Waals surface area contributed by atoms with Gasteiger partial charge in [0.25, 0.3) is 0 Å². The third-order valence-corrected chi connectivity index (χ3v) is 11.7. The van der Waals surface area contributed by atoms with Crippen molar-refractivity contribution < 1.29 is 116 Å². The predicted octanol–water partition coefficient (Wildman–Crippen LogP) is 3.15. The van der Waals surface area contributed by atoms with Gasteiger partial charge in [0.15, 0.2) is 81.2 Å². The first-order valence-electron chi connectivity index (χ1n) is 20.3. The van der Waals surface area contributed by atoms with E-state index in [0.29, 0.717) is 0 Å². The number of esters is 2. The lowest BCUT2D eigenvalue weighted by Gasteiger charge is -2.37. The van der Waals surface area contributed by atoms with E-state index in [9.17, 15) is 91.3 Å². The van der Waals surface area contributed by atoms with E-state index in [1.807, 2.05) is 0 Å². The van der Waals surface area contributed by atoms with Gasteiger partial charge >= 0.3 is 11.9 Å². The van der Waals surface area contributed by atoms with E-state index in [1.165, 1.54) is 0 Å². The first-order valence-corrected chi connectivity index (χ1v) is 20.3. The van der Waals surface area contributed by atoms with Gasteiger partial charge in [-0.2, -0.15) is 0 Å². The number of phenols is 16. The van der Waals surface area contributed by atoms with Gasteiger partial charge in [-0.25, -0.2) is 9.59 Å². The molecule has 0 radical (unpaired) electrons. The molecular weight excluding hydrogens is 918 g/mol. The highest BCUT2D eigenvalue weighted by atomic mass is 16.6. The standard InChI is InChI=1S/C46H39NO22/c47-13-20(35-23(50)12-32-19(37(35)59)10-34(42(66-32)14-1-24(51)38(60)25(52)2-14)68-46(65)17-7-30(57)41(63)31(58)8-17)36-22(49)11-21(48)18-9-33(67-45(64)16-5-28(55)40(62)29(56)6-16)43(69-44(18)36)15-3-26(53)39(61)27(54)4-15/h1-8,11-12,20,33-34,42-43,48-63H,9-10,13,47H2/p+1/t20?,33-,34-,42-,43-/m1/s1. The number of quaternary nitrogens is 1. The Hall–Kier alpha value is -9.38. The van der Waals surface area contributed by atoms with E-state index < -0.39 is 158 Å². The van der Waals surface area contributed by atoms with Gasteiger partial charge in [-0.15, -0.1) is 0 Å². The van der Waals surface area contributed by atoms with Gasteiger partial charge in [-0.1, -0.05) is 0 Å². The molecule has 6 aromatic rings. The summed E-state index contributed by atoms with van der Waals surface area (Å²) in [5.41, 5.74) is 1.82. The van der Waals surface area contributed by atoms with Crippen molar-refractivity contribution in [3.63, 3.8) is 0 Å². The molecule has 8 rings (SSSR count). The molecule has 0 amide bonds. The Morgan fingerprint density at radius 2 is 0.841 bits per heavy atom. The molecule has 23 heteroatoms. The Bertz CT molecular complexity index is 3020. The molecule has 0 saturated heterocycles. The lowest BCUT2D eigenvalue weighted by atomic mass is 9.82. The van der Waals surface area contributed by atoms with Crippen LogP contribution < -0.4 is 15.2 Å². The molecule has 2 aliphatic rings. The van der Waals surface area contributed by atoms with Crippen LogP contribution in [0.25, 0.3) is 0 Å². The van der Waals surface area contributed by atoms with Crippen molar-refractivity contribution in [2.45, 2.75) is 43.2 Å². The predicted molar refractivity (Wildman–Crippen MR) is 227 cm³/mol. The Morgan fingerprint density at radius 1 is 0.464 bits per heavy atom. The maximum Gasteiger partial charge on any atom is 0.338 e. The summed E-state index contributed by atoms with van der Waals surface area (Å²) in [5.74, 6) is -17.8. The highest BCUT2D eigenvalue weighted by Gasteiger charge is 2.44. The fraction of sp³-hybridized carbons (Fsp3) is 0.174. The van der Waals surface area contributed by atoms with Crippen molar-refractivity contribution in [2.75, 3.05) is 6.54 Å². The van der Waals surface area contributed by atoms with Crippen LogP contribution in [-0.4, -0.2) is 112 Å². The summed E-state index contributed by atoms with van der Waals surface area (Å²) in [6.45, 7) is -0.326. The summed E-state index contributed by atoms with van der Waals surface area (Å²) >= 11 is 0. The Labute approximate surface area is 385 Å². The molecule has 0 bridgehead atoms. The number of aromatic hydroxyl groups is 16. The van der Waals surface area contributed by atoms with Crippen LogP contribution in [0.1, 0.15) is 72.2 Å². The number of phenolic OH excluding ortho intramolecular Hbond substituents is 16. The summed E-state index contributed by atoms with van der Waals surface area (Å²) in [7, 11) is 0. The topological polar surface area (TPSA) is 422 Å². The van der Waals surface area contributed by atoms with Gasteiger partial charge in [-0.3, -0.25) is 0 Å². The normalized spacial score (nSPS) is 17.6. The van der Waals surface area contributed by atoms with Crippen molar-refractivity contribution in [1.29, 1.82) is 0 Å². The van der Waals surface area contributed by atoms with Crippen molar-refractivity contribution >= 4 is 11.9 Å². The molecule has 360 valence electrons. The lowest BCUT2D eigenvalue weighted by Crippen LogP contribution is -2.53. The summed E-state index contributed by atoms with van der Waals surface area (Å²) in [6, 6.07) is 8.85. The second-order valence-electron chi connectivity index (χ2n) is 16.0. The van der Waals surface area contributed by atoms with Crippen LogP contribution in [0.2, 0.25) is 0 Å².